The van der Waals surface area contributed by atoms with Crippen LogP contribution in [0.25, 0.3) is 0 Å². The largest absolute Gasteiger partial charge is 0.472 e. The number of hydrogen-bond donors (Lipinski definition) is 8. The van der Waals surface area contributed by atoms with Gasteiger partial charge in [0.1, 0.15) is 36.6 Å². The maximum absolute atomic E-state index is 12.8. The Morgan fingerprint density at radius 3 is 1.58 bits per heavy atom. The number of carbonyl (C=O) groups is 1. The van der Waals surface area contributed by atoms with Crippen LogP contribution in [0, 0.1) is 0 Å². The van der Waals surface area contributed by atoms with E-state index in [0.717, 1.165) is 44.9 Å². The molecule has 6 unspecified atom stereocenters. The molecule has 0 bridgehead atoms. The first-order valence-electron chi connectivity index (χ1n) is 18.6. The quantitative estimate of drug-likeness (QED) is 0.0297. The molecular weight excluding hydrogens is 641 g/mol. The molecule has 0 aromatic heterocycles. The summed E-state index contributed by atoms with van der Waals surface area (Å²) in [6, 6.07) is -1.11. The van der Waals surface area contributed by atoms with Gasteiger partial charge in [0.05, 0.1) is 18.8 Å². The molecule has 13 heteroatoms. The van der Waals surface area contributed by atoms with Gasteiger partial charge >= 0.3 is 7.82 Å². The summed E-state index contributed by atoms with van der Waals surface area (Å²) in [6.45, 7) is 3.76. The van der Waals surface area contributed by atoms with Crippen LogP contribution in [0.4, 0.5) is 0 Å². The molecule has 1 aliphatic carbocycles. The van der Waals surface area contributed by atoms with Crippen molar-refractivity contribution >= 4 is 13.7 Å². The Morgan fingerprint density at radius 2 is 1.10 bits per heavy atom. The van der Waals surface area contributed by atoms with Gasteiger partial charge in [-0.3, -0.25) is 13.8 Å². The summed E-state index contributed by atoms with van der Waals surface area (Å²) in [5, 5.41) is 63.5. The molecule has 0 saturated heterocycles. The van der Waals surface area contributed by atoms with Gasteiger partial charge in [0.15, 0.2) is 0 Å². The highest BCUT2D eigenvalue weighted by atomic mass is 31.2. The van der Waals surface area contributed by atoms with Crippen molar-refractivity contribution in [3.8, 4) is 0 Å². The smallest absolute Gasteiger partial charge is 0.387 e. The third kappa shape index (κ3) is 19.5. The Labute approximate surface area is 288 Å². The minimum atomic E-state index is -5.06. The summed E-state index contributed by atoms with van der Waals surface area (Å²) in [4.78, 5) is 23.1. The Hall–Kier alpha value is -0.920. The molecule has 8 N–H and O–H groups in total. The number of phosphoric ester groups is 1. The van der Waals surface area contributed by atoms with Crippen molar-refractivity contribution in [2.45, 2.75) is 197 Å². The first kappa shape index (κ1) is 45.1. The Kier molecular flexibility index (Phi) is 25.2. The fourth-order valence-electron chi connectivity index (χ4n) is 5.90. The minimum absolute atomic E-state index is 0.216. The van der Waals surface area contributed by atoms with E-state index in [0.29, 0.717) is 6.42 Å². The molecule has 0 aromatic carbocycles. The van der Waals surface area contributed by atoms with Crippen LogP contribution in [0.1, 0.15) is 149 Å². The normalized spacial score (nSPS) is 25.6. The molecule has 0 spiro atoms. The second-order valence-corrected chi connectivity index (χ2v) is 14.8. The van der Waals surface area contributed by atoms with E-state index in [-0.39, 0.29) is 12.3 Å². The van der Waals surface area contributed by atoms with Crippen LogP contribution < -0.4 is 5.32 Å². The first-order valence-corrected chi connectivity index (χ1v) is 20.1. The zero-order valence-electron chi connectivity index (χ0n) is 29.5. The molecule has 1 amide bonds. The molecular formula is C35H68NO11P. The third-order valence-electron chi connectivity index (χ3n) is 9.07. The molecule has 0 radical (unpaired) electrons. The number of amides is 1. The lowest BCUT2D eigenvalue weighted by atomic mass is 9.85. The first-order chi connectivity index (χ1) is 22.9. The predicted molar refractivity (Wildman–Crippen MR) is 186 cm³/mol. The van der Waals surface area contributed by atoms with Crippen molar-refractivity contribution in [1.82, 2.24) is 5.32 Å². The summed E-state index contributed by atoms with van der Waals surface area (Å²) in [6.07, 6.45) is 13.1. The lowest BCUT2D eigenvalue weighted by Crippen LogP contribution is -2.64. The van der Waals surface area contributed by atoms with E-state index in [9.17, 15) is 44.9 Å². The monoisotopic (exact) mass is 709 g/mol. The van der Waals surface area contributed by atoms with E-state index in [1.807, 2.05) is 6.08 Å². The lowest BCUT2D eigenvalue weighted by Gasteiger charge is -2.41. The van der Waals surface area contributed by atoms with Crippen LogP contribution in [0.5, 0.6) is 0 Å². The average molecular weight is 710 g/mol. The van der Waals surface area contributed by atoms with E-state index in [1.165, 1.54) is 83.1 Å². The second kappa shape index (κ2) is 26.8. The molecule has 0 heterocycles. The van der Waals surface area contributed by atoms with Gasteiger partial charge < -0.3 is 40.8 Å². The fourth-order valence-corrected chi connectivity index (χ4v) is 6.87. The van der Waals surface area contributed by atoms with Crippen LogP contribution in [0.2, 0.25) is 0 Å². The molecule has 0 aromatic rings. The van der Waals surface area contributed by atoms with Crippen LogP contribution in [0.3, 0.4) is 0 Å². The molecule has 9 atom stereocenters. The highest BCUT2D eigenvalue weighted by Gasteiger charge is 2.51. The van der Waals surface area contributed by atoms with Gasteiger partial charge in [-0.1, -0.05) is 135 Å². The standard InChI is InChI=1S/C35H68NO11P/c1-3-5-7-9-11-13-15-17-19-21-23-25-29(38)36-27(28(37)24-22-20-18-16-14-12-10-8-6-4-2)26-46-48(44,45)47-35-33(42)31(40)30(39)32(41)34(35)43/h22,24,27-28,30-35,37,39-43H,3-21,23,25-26H2,1-2H3,(H,36,38)(H,44,45)/b24-22+/t27-,28+,30?,31+,32?,33?,34?,35?/m0/s1. The third-order valence-corrected chi connectivity index (χ3v) is 10.1. The number of phosphoric acid groups is 1. The zero-order chi connectivity index (χ0) is 35.8. The fraction of sp³-hybridized carbons (Fsp3) is 0.914. The summed E-state index contributed by atoms with van der Waals surface area (Å²) in [5.74, 6) is -0.345. The molecule has 1 saturated carbocycles. The Morgan fingerprint density at radius 1 is 0.688 bits per heavy atom. The van der Waals surface area contributed by atoms with Crippen LogP contribution in [-0.4, -0.2) is 96.8 Å². The van der Waals surface area contributed by atoms with Gasteiger partial charge in [0, 0.05) is 6.42 Å². The number of aliphatic hydroxyl groups is 6. The SMILES string of the molecule is CCCCCCCCCC/C=C/[C@@H](O)[C@H](COP(=O)(O)OC1C(O)C(O)C(O)[C@@H](O)C1O)NC(=O)CCCCCCCCCCCCC. The molecule has 1 fully saturated rings. The van der Waals surface area contributed by atoms with Crippen molar-refractivity contribution in [1.29, 1.82) is 0 Å². The van der Waals surface area contributed by atoms with E-state index in [4.69, 9.17) is 9.05 Å². The summed E-state index contributed by atoms with van der Waals surface area (Å²) >= 11 is 0. The zero-order valence-corrected chi connectivity index (χ0v) is 30.4. The van der Waals surface area contributed by atoms with Crippen LogP contribution in [0.15, 0.2) is 12.2 Å². The van der Waals surface area contributed by atoms with Crippen molar-refractivity contribution in [2.24, 2.45) is 0 Å². The van der Waals surface area contributed by atoms with E-state index in [1.54, 1.807) is 0 Å². The van der Waals surface area contributed by atoms with Crippen LogP contribution in [-0.2, 0) is 18.4 Å². The minimum Gasteiger partial charge on any atom is -0.387 e. The summed E-state index contributed by atoms with van der Waals surface area (Å²) < 4.78 is 22.7. The van der Waals surface area contributed by atoms with E-state index in [2.05, 4.69) is 19.2 Å². The average Bonchev–Trinajstić information content (AvgIpc) is 3.06. The molecule has 0 aliphatic heterocycles. The number of nitrogens with one attached hydrogen (secondary N) is 1. The highest BCUT2D eigenvalue weighted by Crippen LogP contribution is 2.47. The van der Waals surface area contributed by atoms with Crippen molar-refractivity contribution in [3.05, 3.63) is 12.2 Å². The number of unbranched alkanes of at least 4 members (excludes halogenated alkanes) is 18. The second-order valence-electron chi connectivity index (χ2n) is 13.4. The molecule has 12 nitrogen and oxygen atoms in total. The Bertz CT molecular complexity index is 879. The number of rotatable bonds is 29. The topological polar surface area (TPSA) is 206 Å². The van der Waals surface area contributed by atoms with Crippen molar-refractivity contribution < 1.29 is 53.9 Å². The highest BCUT2D eigenvalue weighted by molar-refractivity contribution is 7.47. The number of allylic oxidation sites excluding steroid dienone is 1. The predicted octanol–water partition coefficient (Wildman–Crippen LogP) is 4.94. The van der Waals surface area contributed by atoms with Gasteiger partial charge in [0.2, 0.25) is 5.91 Å². The van der Waals surface area contributed by atoms with Crippen molar-refractivity contribution in [2.75, 3.05) is 6.61 Å². The number of hydrogen-bond acceptors (Lipinski definition) is 10. The number of carbonyl (C=O) groups excluding carboxylic acids is 1. The Balaban J connectivity index is 2.63. The van der Waals surface area contributed by atoms with Crippen LogP contribution >= 0.6 is 7.82 Å². The maximum Gasteiger partial charge on any atom is 0.472 e. The molecule has 1 aliphatic rings. The van der Waals surface area contributed by atoms with Gasteiger partial charge in [0.25, 0.3) is 0 Å². The summed E-state index contributed by atoms with van der Waals surface area (Å²) in [7, 11) is -5.06. The van der Waals surface area contributed by atoms with Gasteiger partial charge in [-0.25, -0.2) is 4.57 Å². The van der Waals surface area contributed by atoms with Gasteiger partial charge in [-0.15, -0.1) is 0 Å². The maximum atomic E-state index is 12.8. The lowest BCUT2D eigenvalue weighted by molar-refractivity contribution is -0.220. The van der Waals surface area contributed by atoms with E-state index >= 15 is 0 Å². The molecule has 48 heavy (non-hydrogen) atoms. The van der Waals surface area contributed by atoms with Gasteiger partial charge in [-0.2, -0.15) is 0 Å². The number of aliphatic hydroxyl groups excluding tert-OH is 6. The van der Waals surface area contributed by atoms with Crippen molar-refractivity contribution in [3.63, 3.8) is 0 Å². The molecule has 284 valence electrons. The summed E-state index contributed by atoms with van der Waals surface area (Å²) in [5.41, 5.74) is 0. The van der Waals surface area contributed by atoms with Gasteiger partial charge in [-0.05, 0) is 19.3 Å². The molecule has 1 rings (SSSR count). The van der Waals surface area contributed by atoms with E-state index < -0.39 is 63.2 Å².